The standard InChI is InChI=1S/C20H27N7O2/c1-15-11-16(2)24-19(23-15)27-9-3-5-20(13-27)12-17(25-29-20)18(28)22-6-4-8-26-10-7-21-14-26/h7,10-11,14H,3-6,8-9,12-13H2,1-2H3,(H,22,28). The van der Waals surface area contributed by atoms with E-state index in [1.807, 2.05) is 30.7 Å². The first kappa shape index (κ1) is 19.4. The first-order valence-electron chi connectivity index (χ1n) is 10.1. The van der Waals surface area contributed by atoms with E-state index in [4.69, 9.17) is 4.84 Å². The van der Waals surface area contributed by atoms with Crippen molar-refractivity contribution in [1.29, 1.82) is 0 Å². The molecule has 0 saturated carbocycles. The van der Waals surface area contributed by atoms with Gasteiger partial charge in [0.2, 0.25) is 5.95 Å². The minimum atomic E-state index is -0.469. The van der Waals surface area contributed by atoms with Crippen molar-refractivity contribution < 1.29 is 9.63 Å². The van der Waals surface area contributed by atoms with Crippen LogP contribution in [-0.4, -0.2) is 56.4 Å². The molecule has 2 aliphatic rings. The highest BCUT2D eigenvalue weighted by atomic mass is 16.7. The number of carbonyl (C=O) groups is 1. The van der Waals surface area contributed by atoms with Crippen molar-refractivity contribution in [1.82, 2.24) is 24.8 Å². The van der Waals surface area contributed by atoms with E-state index in [0.29, 0.717) is 25.2 Å². The summed E-state index contributed by atoms with van der Waals surface area (Å²) in [6.07, 6.45) is 8.60. The number of imidazole rings is 1. The van der Waals surface area contributed by atoms with E-state index < -0.39 is 5.60 Å². The fourth-order valence-electron chi connectivity index (χ4n) is 3.96. The molecule has 1 spiro atoms. The van der Waals surface area contributed by atoms with E-state index in [0.717, 1.165) is 49.7 Å². The number of nitrogens with zero attached hydrogens (tertiary/aromatic N) is 6. The van der Waals surface area contributed by atoms with Gasteiger partial charge >= 0.3 is 0 Å². The molecule has 0 bridgehead atoms. The first-order chi connectivity index (χ1) is 14.0. The molecule has 154 valence electrons. The van der Waals surface area contributed by atoms with Crippen molar-refractivity contribution in [3.05, 3.63) is 36.2 Å². The van der Waals surface area contributed by atoms with Crippen LogP contribution in [0.1, 0.15) is 37.1 Å². The van der Waals surface area contributed by atoms with Crippen molar-refractivity contribution in [2.75, 3.05) is 24.5 Å². The summed E-state index contributed by atoms with van der Waals surface area (Å²) >= 11 is 0. The number of nitrogens with one attached hydrogen (secondary N) is 1. The average molecular weight is 397 g/mol. The topological polar surface area (TPSA) is 97.5 Å². The molecule has 29 heavy (non-hydrogen) atoms. The summed E-state index contributed by atoms with van der Waals surface area (Å²) in [6, 6.07) is 1.97. The van der Waals surface area contributed by atoms with Gasteiger partial charge in [0, 0.05) is 49.8 Å². The van der Waals surface area contributed by atoms with E-state index in [2.05, 4.69) is 30.3 Å². The lowest BCUT2D eigenvalue weighted by Gasteiger charge is -2.38. The van der Waals surface area contributed by atoms with Crippen LogP contribution in [-0.2, 0) is 16.2 Å². The van der Waals surface area contributed by atoms with Crippen molar-refractivity contribution in [3.8, 4) is 0 Å². The normalized spacial score (nSPS) is 21.2. The summed E-state index contributed by atoms with van der Waals surface area (Å²) < 4.78 is 1.99. The quantitative estimate of drug-likeness (QED) is 0.744. The lowest BCUT2D eigenvalue weighted by atomic mass is 9.88. The summed E-state index contributed by atoms with van der Waals surface area (Å²) in [5, 5.41) is 7.07. The van der Waals surface area contributed by atoms with Crippen LogP contribution in [0.15, 0.2) is 29.9 Å². The van der Waals surface area contributed by atoms with Gasteiger partial charge in [0.05, 0.1) is 12.9 Å². The van der Waals surface area contributed by atoms with Gasteiger partial charge in [0.1, 0.15) is 5.71 Å². The Hall–Kier alpha value is -2.97. The molecule has 4 heterocycles. The Morgan fingerprint density at radius 1 is 1.31 bits per heavy atom. The van der Waals surface area contributed by atoms with Gasteiger partial charge in [0.15, 0.2) is 5.60 Å². The number of hydrogen-bond donors (Lipinski definition) is 1. The molecule has 2 aromatic heterocycles. The molecule has 2 aromatic rings. The number of aromatic nitrogens is 4. The number of aryl methyl sites for hydroxylation is 3. The molecular weight excluding hydrogens is 370 g/mol. The second kappa shape index (κ2) is 8.18. The molecule has 1 amide bonds. The Morgan fingerprint density at radius 2 is 2.14 bits per heavy atom. The average Bonchev–Trinajstić information content (AvgIpc) is 3.35. The Balaban J connectivity index is 1.30. The van der Waals surface area contributed by atoms with Crippen molar-refractivity contribution in [2.24, 2.45) is 5.16 Å². The molecule has 9 heteroatoms. The van der Waals surface area contributed by atoms with Crippen LogP contribution in [0.5, 0.6) is 0 Å². The van der Waals surface area contributed by atoms with Gasteiger partial charge in [-0.25, -0.2) is 15.0 Å². The van der Waals surface area contributed by atoms with E-state index in [1.165, 1.54) is 0 Å². The van der Waals surface area contributed by atoms with E-state index in [1.54, 1.807) is 12.5 Å². The van der Waals surface area contributed by atoms with Crippen LogP contribution >= 0.6 is 0 Å². The molecule has 0 aliphatic carbocycles. The van der Waals surface area contributed by atoms with Crippen LogP contribution in [0.3, 0.4) is 0 Å². The molecule has 1 N–H and O–H groups in total. The number of carbonyl (C=O) groups excluding carboxylic acids is 1. The van der Waals surface area contributed by atoms with Crippen LogP contribution in [0, 0.1) is 13.8 Å². The fourth-order valence-corrected chi connectivity index (χ4v) is 3.96. The summed E-state index contributed by atoms with van der Waals surface area (Å²) in [5.41, 5.74) is 1.90. The maximum Gasteiger partial charge on any atom is 0.269 e. The first-order valence-corrected chi connectivity index (χ1v) is 10.1. The zero-order valence-electron chi connectivity index (χ0n) is 17.0. The Bertz CT molecular complexity index is 876. The molecule has 1 saturated heterocycles. The highest BCUT2D eigenvalue weighted by Gasteiger charge is 2.45. The van der Waals surface area contributed by atoms with Gasteiger partial charge in [-0.15, -0.1) is 0 Å². The van der Waals surface area contributed by atoms with Crippen molar-refractivity contribution >= 4 is 17.6 Å². The van der Waals surface area contributed by atoms with Gasteiger partial charge in [0.25, 0.3) is 5.91 Å². The molecule has 1 fully saturated rings. The Kier molecular flexibility index (Phi) is 5.46. The predicted octanol–water partition coefficient (Wildman–Crippen LogP) is 1.61. The van der Waals surface area contributed by atoms with Gasteiger partial charge < -0.3 is 19.6 Å². The number of rotatable bonds is 6. The molecule has 1 unspecified atom stereocenters. The molecular formula is C20H27N7O2. The number of amides is 1. The molecule has 0 aromatic carbocycles. The molecule has 4 rings (SSSR count). The zero-order valence-corrected chi connectivity index (χ0v) is 17.0. The van der Waals surface area contributed by atoms with Gasteiger partial charge in [-0.3, -0.25) is 4.79 Å². The van der Waals surface area contributed by atoms with E-state index in [-0.39, 0.29) is 5.91 Å². The second-order valence-electron chi connectivity index (χ2n) is 7.87. The SMILES string of the molecule is Cc1cc(C)nc(N2CCCC3(CC(C(=O)NCCCn4ccnc4)=NO3)C2)n1. The molecule has 9 nitrogen and oxygen atoms in total. The van der Waals surface area contributed by atoms with Gasteiger partial charge in [-0.1, -0.05) is 5.16 Å². The molecule has 2 aliphatic heterocycles. The van der Waals surface area contributed by atoms with Crippen molar-refractivity contribution in [3.63, 3.8) is 0 Å². The summed E-state index contributed by atoms with van der Waals surface area (Å²) in [6.45, 7) is 6.87. The summed E-state index contributed by atoms with van der Waals surface area (Å²) in [7, 11) is 0. The number of piperidine rings is 1. The minimum absolute atomic E-state index is 0.146. The number of oxime groups is 1. The maximum atomic E-state index is 12.5. The molecule has 1 atom stereocenters. The van der Waals surface area contributed by atoms with Crippen LogP contribution in [0.25, 0.3) is 0 Å². The largest absolute Gasteiger partial charge is 0.386 e. The van der Waals surface area contributed by atoms with E-state index in [9.17, 15) is 4.79 Å². The van der Waals surface area contributed by atoms with Gasteiger partial charge in [-0.05, 0) is 39.2 Å². The second-order valence-corrected chi connectivity index (χ2v) is 7.87. The van der Waals surface area contributed by atoms with Crippen molar-refractivity contribution in [2.45, 2.75) is 51.7 Å². The van der Waals surface area contributed by atoms with Crippen LogP contribution < -0.4 is 10.2 Å². The predicted molar refractivity (Wildman–Crippen MR) is 109 cm³/mol. The highest BCUT2D eigenvalue weighted by molar-refractivity contribution is 6.39. The monoisotopic (exact) mass is 397 g/mol. The lowest BCUT2D eigenvalue weighted by Crippen LogP contribution is -2.49. The third-order valence-corrected chi connectivity index (χ3v) is 5.33. The zero-order chi connectivity index (χ0) is 20.3. The highest BCUT2D eigenvalue weighted by Crippen LogP contribution is 2.34. The Morgan fingerprint density at radius 3 is 2.90 bits per heavy atom. The lowest BCUT2D eigenvalue weighted by molar-refractivity contribution is -0.114. The third-order valence-electron chi connectivity index (χ3n) is 5.33. The molecule has 0 radical (unpaired) electrons. The van der Waals surface area contributed by atoms with Crippen LogP contribution in [0.4, 0.5) is 5.95 Å². The third kappa shape index (κ3) is 4.55. The minimum Gasteiger partial charge on any atom is -0.386 e. The fraction of sp³-hybridized carbons (Fsp3) is 0.550. The van der Waals surface area contributed by atoms with Crippen LogP contribution in [0.2, 0.25) is 0 Å². The van der Waals surface area contributed by atoms with Gasteiger partial charge in [-0.2, -0.15) is 0 Å². The smallest absolute Gasteiger partial charge is 0.269 e. The number of hydrogen-bond acceptors (Lipinski definition) is 7. The Labute approximate surface area is 170 Å². The summed E-state index contributed by atoms with van der Waals surface area (Å²) in [4.78, 5) is 33.6. The maximum absolute atomic E-state index is 12.5. The number of anilines is 1. The summed E-state index contributed by atoms with van der Waals surface area (Å²) in [5.74, 6) is 0.579. The van der Waals surface area contributed by atoms with E-state index >= 15 is 0 Å².